The topological polar surface area (TPSA) is 88.2 Å². The number of carbonyl (C=O) groups is 1. The highest BCUT2D eigenvalue weighted by atomic mass is 32.1. The number of aliphatic hydroxyl groups is 1. The molecule has 0 aliphatic heterocycles. The van der Waals surface area contributed by atoms with E-state index in [9.17, 15) is 9.90 Å². The summed E-state index contributed by atoms with van der Waals surface area (Å²) < 4.78 is 5.52. The Morgan fingerprint density at radius 2 is 2.19 bits per heavy atom. The van der Waals surface area contributed by atoms with E-state index in [1.807, 2.05) is 23.6 Å². The van der Waals surface area contributed by atoms with Crippen LogP contribution in [0.15, 0.2) is 28.1 Å². The SMILES string of the molecule is O=C(NC12CC(CO)(C1)C2)c1cc(-c2cccs2)nc2onc(C3CC3)c12. The Morgan fingerprint density at radius 3 is 2.85 bits per heavy atom. The largest absolute Gasteiger partial charge is 0.396 e. The monoisotopic (exact) mass is 381 g/mol. The third kappa shape index (κ3) is 2.24. The molecule has 7 rings (SSSR count). The van der Waals surface area contributed by atoms with Crippen LogP contribution in [-0.4, -0.2) is 33.3 Å². The van der Waals surface area contributed by atoms with Crippen molar-refractivity contribution in [1.29, 1.82) is 0 Å². The molecular weight excluding hydrogens is 362 g/mol. The van der Waals surface area contributed by atoms with Crippen molar-refractivity contribution in [2.24, 2.45) is 5.41 Å². The van der Waals surface area contributed by atoms with Gasteiger partial charge in [0.1, 0.15) is 0 Å². The lowest BCUT2D eigenvalue weighted by molar-refractivity contribution is -0.172. The van der Waals surface area contributed by atoms with Gasteiger partial charge in [0, 0.05) is 23.5 Å². The first-order valence-electron chi connectivity index (χ1n) is 9.38. The van der Waals surface area contributed by atoms with Gasteiger partial charge in [0.2, 0.25) is 0 Å². The minimum absolute atomic E-state index is 0.0549. The zero-order chi connectivity index (χ0) is 18.2. The molecule has 3 aromatic heterocycles. The molecule has 3 aromatic rings. The molecule has 4 aliphatic carbocycles. The second-order valence-electron chi connectivity index (χ2n) is 8.48. The normalized spacial score (nSPS) is 28.6. The van der Waals surface area contributed by atoms with Crippen molar-refractivity contribution in [2.45, 2.75) is 43.6 Å². The van der Waals surface area contributed by atoms with Gasteiger partial charge in [-0.1, -0.05) is 11.2 Å². The Hall–Kier alpha value is -2.25. The molecular formula is C20H19N3O3S. The Bertz CT molecular complexity index is 1050. The van der Waals surface area contributed by atoms with Crippen LogP contribution in [0.4, 0.5) is 0 Å². The van der Waals surface area contributed by atoms with E-state index in [1.54, 1.807) is 11.3 Å². The lowest BCUT2D eigenvalue weighted by Gasteiger charge is -2.70. The fourth-order valence-corrected chi connectivity index (χ4v) is 5.63. The van der Waals surface area contributed by atoms with Crippen LogP contribution in [0.1, 0.15) is 54.1 Å². The van der Waals surface area contributed by atoms with Gasteiger partial charge in [0.05, 0.1) is 27.2 Å². The van der Waals surface area contributed by atoms with Gasteiger partial charge < -0.3 is 14.9 Å². The zero-order valence-electron chi connectivity index (χ0n) is 14.7. The number of nitrogens with zero attached hydrogens (tertiary/aromatic N) is 2. The number of amides is 1. The number of aliphatic hydroxyl groups excluding tert-OH is 1. The third-order valence-corrected chi connectivity index (χ3v) is 7.20. The van der Waals surface area contributed by atoms with Crippen LogP contribution in [0, 0.1) is 5.41 Å². The molecule has 0 atom stereocenters. The Morgan fingerprint density at radius 1 is 1.37 bits per heavy atom. The molecule has 0 saturated heterocycles. The van der Waals surface area contributed by atoms with E-state index in [0.717, 1.165) is 53.8 Å². The van der Waals surface area contributed by atoms with Crippen LogP contribution in [0.2, 0.25) is 0 Å². The second-order valence-corrected chi connectivity index (χ2v) is 9.43. The van der Waals surface area contributed by atoms with Gasteiger partial charge in [-0.05, 0) is 49.6 Å². The van der Waals surface area contributed by atoms with Gasteiger partial charge in [-0.2, -0.15) is 0 Å². The standard InChI is InChI=1S/C20H19N3O3S/c24-10-19-7-20(8-19,9-19)22-17(25)12-6-13(14-2-1-5-27-14)21-18-15(12)16(23-26-18)11-3-4-11/h1-2,5-6,11,24H,3-4,7-10H2,(H,22,25). The van der Waals surface area contributed by atoms with Crippen molar-refractivity contribution in [3.8, 4) is 10.6 Å². The van der Waals surface area contributed by atoms with Crippen molar-refractivity contribution in [3.63, 3.8) is 0 Å². The molecule has 0 unspecified atom stereocenters. The van der Waals surface area contributed by atoms with Crippen molar-refractivity contribution in [3.05, 3.63) is 34.8 Å². The lowest BCUT2D eigenvalue weighted by atomic mass is 9.39. The summed E-state index contributed by atoms with van der Waals surface area (Å²) in [5.41, 5.74) is 2.57. The maximum atomic E-state index is 13.2. The van der Waals surface area contributed by atoms with Gasteiger partial charge in [0.25, 0.3) is 11.6 Å². The summed E-state index contributed by atoms with van der Waals surface area (Å²) in [6, 6.07) is 5.84. The number of carbonyl (C=O) groups excluding carboxylic acids is 1. The predicted molar refractivity (Wildman–Crippen MR) is 101 cm³/mol. The van der Waals surface area contributed by atoms with E-state index >= 15 is 0 Å². The first kappa shape index (κ1) is 15.8. The average molecular weight is 381 g/mol. The van der Waals surface area contributed by atoms with E-state index in [4.69, 9.17) is 4.52 Å². The fourth-order valence-electron chi connectivity index (χ4n) is 4.94. The molecule has 138 valence electrons. The molecule has 4 aliphatic rings. The lowest BCUT2D eigenvalue weighted by Crippen LogP contribution is -2.75. The molecule has 2 N–H and O–H groups in total. The summed E-state index contributed by atoms with van der Waals surface area (Å²) in [7, 11) is 0. The molecule has 4 saturated carbocycles. The highest BCUT2D eigenvalue weighted by molar-refractivity contribution is 7.13. The summed E-state index contributed by atoms with van der Waals surface area (Å²) in [6.45, 7) is 0.212. The van der Waals surface area contributed by atoms with E-state index in [0.29, 0.717) is 17.2 Å². The first-order chi connectivity index (χ1) is 13.1. The maximum Gasteiger partial charge on any atom is 0.259 e. The number of hydrogen-bond acceptors (Lipinski definition) is 6. The zero-order valence-corrected chi connectivity index (χ0v) is 15.5. The number of pyridine rings is 1. The van der Waals surface area contributed by atoms with Crippen molar-refractivity contribution >= 4 is 28.3 Å². The summed E-state index contributed by atoms with van der Waals surface area (Å²) in [5, 5.41) is 19.7. The summed E-state index contributed by atoms with van der Waals surface area (Å²) in [4.78, 5) is 18.9. The molecule has 2 bridgehead atoms. The van der Waals surface area contributed by atoms with E-state index in [-0.39, 0.29) is 23.5 Å². The first-order valence-corrected chi connectivity index (χ1v) is 10.3. The number of nitrogens with one attached hydrogen (secondary N) is 1. The maximum absolute atomic E-state index is 13.2. The average Bonchev–Trinajstić information content (AvgIpc) is 3.14. The van der Waals surface area contributed by atoms with E-state index in [2.05, 4.69) is 15.5 Å². The minimum Gasteiger partial charge on any atom is -0.396 e. The van der Waals surface area contributed by atoms with Gasteiger partial charge in [-0.3, -0.25) is 4.79 Å². The van der Waals surface area contributed by atoms with Crippen LogP contribution < -0.4 is 5.32 Å². The molecule has 0 spiro atoms. The molecule has 6 nitrogen and oxygen atoms in total. The number of fused-ring (bicyclic) bond motifs is 1. The van der Waals surface area contributed by atoms with Crippen molar-refractivity contribution < 1.29 is 14.4 Å². The number of hydrogen-bond donors (Lipinski definition) is 2. The smallest absolute Gasteiger partial charge is 0.259 e. The highest BCUT2D eigenvalue weighted by Gasteiger charge is 2.68. The van der Waals surface area contributed by atoms with Gasteiger partial charge in [0.15, 0.2) is 0 Å². The second kappa shape index (κ2) is 5.17. The van der Waals surface area contributed by atoms with Crippen LogP contribution in [0.25, 0.3) is 21.7 Å². The minimum atomic E-state index is -0.143. The van der Waals surface area contributed by atoms with Crippen molar-refractivity contribution in [1.82, 2.24) is 15.5 Å². The fraction of sp³-hybridized carbons (Fsp3) is 0.450. The highest BCUT2D eigenvalue weighted by Crippen LogP contribution is 2.66. The predicted octanol–water partition coefficient (Wildman–Crippen LogP) is 3.47. The number of rotatable bonds is 5. The van der Waals surface area contributed by atoms with Gasteiger partial charge in [-0.15, -0.1) is 11.3 Å². The summed E-state index contributed by atoms with van der Waals surface area (Å²) >= 11 is 1.59. The Kier molecular flexibility index (Phi) is 3.02. The molecule has 4 fully saturated rings. The van der Waals surface area contributed by atoms with Crippen LogP contribution in [-0.2, 0) is 0 Å². The van der Waals surface area contributed by atoms with Gasteiger partial charge >= 0.3 is 0 Å². The molecule has 1 amide bonds. The Labute approximate surface area is 159 Å². The molecule has 27 heavy (non-hydrogen) atoms. The summed E-state index contributed by atoms with van der Waals surface area (Å²) in [6.07, 6.45) is 4.77. The van der Waals surface area contributed by atoms with E-state index in [1.165, 1.54) is 0 Å². The molecule has 3 heterocycles. The molecule has 7 heteroatoms. The summed E-state index contributed by atoms with van der Waals surface area (Å²) in [5.74, 6) is 0.288. The number of thiophene rings is 1. The van der Waals surface area contributed by atoms with Gasteiger partial charge in [-0.25, -0.2) is 4.98 Å². The third-order valence-electron chi connectivity index (χ3n) is 6.31. The van der Waals surface area contributed by atoms with Crippen LogP contribution in [0.5, 0.6) is 0 Å². The molecule has 0 radical (unpaired) electrons. The Balaban J connectivity index is 1.42. The number of aromatic nitrogens is 2. The van der Waals surface area contributed by atoms with Crippen LogP contribution >= 0.6 is 11.3 Å². The molecule has 0 aromatic carbocycles. The van der Waals surface area contributed by atoms with Crippen LogP contribution in [0.3, 0.4) is 0 Å². The van der Waals surface area contributed by atoms with Crippen molar-refractivity contribution in [2.75, 3.05) is 6.61 Å². The quantitative estimate of drug-likeness (QED) is 0.706. The van der Waals surface area contributed by atoms with E-state index < -0.39 is 0 Å².